The molecule has 2 saturated heterocycles. The Balaban J connectivity index is 1.18. The molecule has 11 heteroatoms. The van der Waals surface area contributed by atoms with Gasteiger partial charge >= 0.3 is 12.1 Å². The van der Waals surface area contributed by atoms with Gasteiger partial charge in [-0.2, -0.15) is 10.2 Å². The number of carbonyl (C=O) groups is 2. The van der Waals surface area contributed by atoms with E-state index in [0.717, 1.165) is 61.5 Å². The molecule has 3 aliphatic heterocycles. The van der Waals surface area contributed by atoms with Crippen LogP contribution in [0.25, 0.3) is 0 Å². The fraction of sp³-hybridized carbons (Fsp3) is 0.676. The van der Waals surface area contributed by atoms with Crippen molar-refractivity contribution in [3.05, 3.63) is 35.2 Å². The standard InChI is InChI=1S/C34H48N6O5/c1-22(2)30-36-32(45-37-30)38-15-11-24(12-16-38)23(3)13-17-43-28-10-9-25-19-29(31(41)39-14-7-8-27(39)20-35)40(21-26(25)18-28)33(42)44-34(4,5)6/h9-10,18,22-24,27,29H,7-8,11-17,19,21H2,1-6H3/t23-,27?,29+/m1/s1. The van der Waals surface area contributed by atoms with E-state index in [4.69, 9.17) is 14.0 Å². The molecule has 3 aliphatic rings. The van der Waals surface area contributed by atoms with E-state index in [1.165, 1.54) is 4.90 Å². The number of rotatable bonds is 8. The van der Waals surface area contributed by atoms with Crippen LogP contribution < -0.4 is 9.64 Å². The summed E-state index contributed by atoms with van der Waals surface area (Å²) in [5.41, 5.74) is 1.26. The van der Waals surface area contributed by atoms with Crippen molar-refractivity contribution < 1.29 is 23.6 Å². The number of hydrogen-bond donors (Lipinski definition) is 0. The normalized spacial score (nSPS) is 21.4. The number of nitriles is 1. The highest BCUT2D eigenvalue weighted by atomic mass is 16.6. The van der Waals surface area contributed by atoms with Crippen molar-refractivity contribution in [2.24, 2.45) is 11.8 Å². The number of fused-ring (bicyclic) bond motifs is 1. The van der Waals surface area contributed by atoms with Crippen LogP contribution >= 0.6 is 0 Å². The van der Waals surface area contributed by atoms with Crippen molar-refractivity contribution in [3.8, 4) is 11.8 Å². The van der Waals surface area contributed by atoms with E-state index in [0.29, 0.717) is 43.8 Å². The zero-order valence-corrected chi connectivity index (χ0v) is 27.6. The van der Waals surface area contributed by atoms with Crippen LogP contribution in [0.3, 0.4) is 0 Å². The second kappa shape index (κ2) is 13.7. The SMILES string of the molecule is CC(C)c1noc(N2CCC([C@H](C)CCOc3ccc4c(c3)CN(C(=O)OC(C)(C)C)[C@H](C(=O)N3CCCC3C#N)C4)CC2)n1. The summed E-state index contributed by atoms with van der Waals surface area (Å²) in [6, 6.07) is 7.66. The van der Waals surface area contributed by atoms with Gasteiger partial charge < -0.3 is 23.8 Å². The lowest BCUT2D eigenvalue weighted by Gasteiger charge is -2.39. The van der Waals surface area contributed by atoms with Crippen LogP contribution in [-0.2, 0) is 22.5 Å². The quantitative estimate of drug-likeness (QED) is 0.366. The minimum Gasteiger partial charge on any atom is -0.494 e. The van der Waals surface area contributed by atoms with Crippen molar-refractivity contribution in [1.82, 2.24) is 19.9 Å². The van der Waals surface area contributed by atoms with Crippen molar-refractivity contribution in [1.29, 1.82) is 5.26 Å². The van der Waals surface area contributed by atoms with E-state index in [1.807, 2.05) is 39.0 Å². The largest absolute Gasteiger partial charge is 0.494 e. The molecule has 2 amide bonds. The van der Waals surface area contributed by atoms with Gasteiger partial charge in [-0.1, -0.05) is 32.0 Å². The van der Waals surface area contributed by atoms with Crippen LogP contribution in [0.5, 0.6) is 5.75 Å². The van der Waals surface area contributed by atoms with Gasteiger partial charge in [-0.3, -0.25) is 9.69 Å². The smallest absolute Gasteiger partial charge is 0.411 e. The Bertz CT molecular complexity index is 1390. The third kappa shape index (κ3) is 7.71. The number of nitrogens with zero attached hydrogens (tertiary/aromatic N) is 6. The highest BCUT2D eigenvalue weighted by Crippen LogP contribution is 2.32. The summed E-state index contributed by atoms with van der Waals surface area (Å²) in [4.78, 5) is 36.9. The third-order valence-corrected chi connectivity index (χ3v) is 9.31. The molecule has 11 nitrogen and oxygen atoms in total. The summed E-state index contributed by atoms with van der Waals surface area (Å²) in [5, 5.41) is 13.7. The Morgan fingerprint density at radius 2 is 1.84 bits per heavy atom. The molecule has 45 heavy (non-hydrogen) atoms. The molecule has 0 aliphatic carbocycles. The fourth-order valence-electron chi connectivity index (χ4n) is 6.59. The molecular formula is C34H48N6O5. The predicted molar refractivity (Wildman–Crippen MR) is 169 cm³/mol. The Labute approximate surface area is 266 Å². The minimum absolute atomic E-state index is 0.187. The molecule has 1 unspecified atom stereocenters. The molecule has 2 fully saturated rings. The van der Waals surface area contributed by atoms with Crippen molar-refractivity contribution >= 4 is 18.0 Å². The van der Waals surface area contributed by atoms with Gasteiger partial charge in [0.1, 0.15) is 23.4 Å². The lowest BCUT2D eigenvalue weighted by atomic mass is 9.84. The first-order chi connectivity index (χ1) is 21.4. The van der Waals surface area contributed by atoms with E-state index < -0.39 is 23.8 Å². The number of piperidine rings is 1. The lowest BCUT2D eigenvalue weighted by molar-refractivity contribution is -0.137. The second-order valence-corrected chi connectivity index (χ2v) is 14.1. The van der Waals surface area contributed by atoms with Gasteiger partial charge in [-0.15, -0.1) is 0 Å². The average molecular weight is 621 g/mol. The molecule has 0 N–H and O–H groups in total. The number of aromatic nitrogens is 2. The summed E-state index contributed by atoms with van der Waals surface area (Å²) < 4.78 is 17.4. The Morgan fingerprint density at radius 3 is 2.51 bits per heavy atom. The maximum Gasteiger partial charge on any atom is 0.411 e. The average Bonchev–Trinajstić information content (AvgIpc) is 3.70. The predicted octanol–water partition coefficient (Wildman–Crippen LogP) is 5.69. The Morgan fingerprint density at radius 1 is 1.09 bits per heavy atom. The highest BCUT2D eigenvalue weighted by molar-refractivity contribution is 5.87. The van der Waals surface area contributed by atoms with E-state index in [-0.39, 0.29) is 18.4 Å². The molecule has 0 bridgehead atoms. The van der Waals surface area contributed by atoms with Gasteiger partial charge in [0.05, 0.1) is 19.2 Å². The first-order valence-electron chi connectivity index (χ1n) is 16.5. The maximum absolute atomic E-state index is 13.7. The number of carbonyl (C=O) groups excluding carboxylic acids is 2. The first kappa shape index (κ1) is 32.6. The van der Waals surface area contributed by atoms with Crippen LogP contribution in [0.15, 0.2) is 22.7 Å². The molecule has 4 heterocycles. The molecule has 0 saturated carbocycles. The molecule has 244 valence electrons. The molecule has 1 aromatic carbocycles. The number of ether oxygens (including phenoxy) is 2. The zero-order valence-electron chi connectivity index (χ0n) is 27.6. The van der Waals surface area contributed by atoms with Crippen LogP contribution in [0, 0.1) is 23.2 Å². The molecule has 0 radical (unpaired) electrons. The summed E-state index contributed by atoms with van der Waals surface area (Å²) in [6.07, 6.45) is 4.40. The highest BCUT2D eigenvalue weighted by Gasteiger charge is 2.42. The van der Waals surface area contributed by atoms with Crippen molar-refractivity contribution in [3.63, 3.8) is 0 Å². The first-order valence-corrected chi connectivity index (χ1v) is 16.5. The molecule has 3 atom stereocenters. The van der Waals surface area contributed by atoms with E-state index in [9.17, 15) is 14.9 Å². The molecule has 5 rings (SSSR count). The van der Waals surface area contributed by atoms with E-state index in [2.05, 4.69) is 41.9 Å². The Hall–Kier alpha value is -3.81. The molecule has 0 spiro atoms. The maximum atomic E-state index is 13.7. The van der Waals surface area contributed by atoms with Gasteiger partial charge in [0.2, 0.25) is 5.91 Å². The van der Waals surface area contributed by atoms with Gasteiger partial charge in [-0.05, 0) is 88.0 Å². The zero-order chi connectivity index (χ0) is 32.3. The van der Waals surface area contributed by atoms with Crippen molar-refractivity contribution in [2.45, 2.75) is 110 Å². The van der Waals surface area contributed by atoms with Crippen LogP contribution in [-0.4, -0.2) is 75.9 Å². The summed E-state index contributed by atoms with van der Waals surface area (Å²) in [5.74, 6) is 2.68. The van der Waals surface area contributed by atoms with Crippen LogP contribution in [0.4, 0.5) is 10.8 Å². The number of amides is 2. The lowest BCUT2D eigenvalue weighted by Crippen LogP contribution is -2.55. The fourth-order valence-corrected chi connectivity index (χ4v) is 6.59. The number of anilines is 1. The Kier molecular flexibility index (Phi) is 9.90. The van der Waals surface area contributed by atoms with Gasteiger partial charge in [0, 0.05) is 32.0 Å². The van der Waals surface area contributed by atoms with E-state index in [1.54, 1.807) is 4.90 Å². The topological polar surface area (TPSA) is 125 Å². The number of hydrogen-bond acceptors (Lipinski definition) is 9. The minimum atomic E-state index is -0.711. The summed E-state index contributed by atoms with van der Waals surface area (Å²) in [7, 11) is 0. The molecular weight excluding hydrogens is 572 g/mol. The van der Waals surface area contributed by atoms with Crippen molar-refractivity contribution in [2.75, 3.05) is 31.1 Å². The molecule has 1 aromatic heterocycles. The van der Waals surface area contributed by atoms with Crippen LogP contribution in [0.2, 0.25) is 0 Å². The number of benzene rings is 1. The van der Waals surface area contributed by atoms with Gasteiger partial charge in [0.15, 0.2) is 5.82 Å². The number of likely N-dealkylation sites (tertiary alicyclic amines) is 1. The second-order valence-electron chi connectivity index (χ2n) is 14.1. The van der Waals surface area contributed by atoms with E-state index >= 15 is 0 Å². The van der Waals surface area contributed by atoms with Gasteiger partial charge in [0.25, 0.3) is 0 Å². The molecule has 2 aromatic rings. The monoisotopic (exact) mass is 620 g/mol. The summed E-state index contributed by atoms with van der Waals surface area (Å²) in [6.45, 7) is 15.1. The third-order valence-electron chi connectivity index (χ3n) is 9.31. The van der Waals surface area contributed by atoms with Gasteiger partial charge in [-0.25, -0.2) is 4.79 Å². The summed E-state index contributed by atoms with van der Waals surface area (Å²) >= 11 is 0. The van der Waals surface area contributed by atoms with Crippen LogP contribution in [0.1, 0.15) is 96.5 Å².